The molecule has 2 heterocycles. The maximum Gasteiger partial charge on any atom is 0.302 e. The smallest absolute Gasteiger partial charge is 0.302 e. The van der Waals surface area contributed by atoms with Gasteiger partial charge in [-0.15, -0.1) is 0 Å². The summed E-state index contributed by atoms with van der Waals surface area (Å²) in [6, 6.07) is 8.51. The molecule has 1 aromatic carbocycles. The van der Waals surface area contributed by atoms with Crippen LogP contribution in [-0.2, 0) is 9.53 Å². The minimum absolute atomic E-state index is 0.0703. The lowest BCUT2D eigenvalue weighted by Crippen LogP contribution is -2.22. The van der Waals surface area contributed by atoms with E-state index in [0.717, 1.165) is 42.5 Å². The quantitative estimate of drug-likeness (QED) is 0.716. The molecule has 1 saturated carbocycles. The van der Waals surface area contributed by atoms with Crippen LogP contribution in [0.5, 0.6) is 0 Å². The third-order valence-electron chi connectivity index (χ3n) is 5.32. The molecular formula is C20H23N5O2. The maximum absolute atomic E-state index is 11.1. The standard InChI is InChI=1S/C20H23N5O2/c1-12-18(19(21)25-20(24-12)22-11-23-25)16-5-3-14(4-6-16)15-7-9-17(10-8-15)27-13(2)26/h3-6,11,15,17H,7-10,21H2,1-2H3. The molecule has 2 aromatic heterocycles. The number of hydrogen-bond donors (Lipinski definition) is 1. The first-order valence-electron chi connectivity index (χ1n) is 9.26. The molecule has 0 saturated heterocycles. The van der Waals surface area contributed by atoms with E-state index in [-0.39, 0.29) is 12.1 Å². The van der Waals surface area contributed by atoms with Gasteiger partial charge in [0.15, 0.2) is 0 Å². The molecule has 0 atom stereocenters. The van der Waals surface area contributed by atoms with Crippen molar-refractivity contribution in [3.05, 3.63) is 41.9 Å². The number of anilines is 1. The lowest BCUT2D eigenvalue weighted by molar-refractivity contribution is -0.147. The number of carbonyl (C=O) groups is 1. The molecule has 140 valence electrons. The van der Waals surface area contributed by atoms with E-state index in [9.17, 15) is 4.79 Å². The first-order valence-corrected chi connectivity index (χ1v) is 9.26. The second-order valence-electron chi connectivity index (χ2n) is 7.13. The zero-order valence-corrected chi connectivity index (χ0v) is 15.6. The average molecular weight is 365 g/mol. The largest absolute Gasteiger partial charge is 0.463 e. The second kappa shape index (κ2) is 6.98. The van der Waals surface area contributed by atoms with Crippen LogP contribution >= 0.6 is 0 Å². The lowest BCUT2D eigenvalue weighted by Gasteiger charge is -2.28. The fourth-order valence-corrected chi connectivity index (χ4v) is 4.01. The number of nitrogen functional groups attached to an aromatic ring is 1. The minimum atomic E-state index is -0.186. The van der Waals surface area contributed by atoms with Gasteiger partial charge in [-0.05, 0) is 49.7 Å². The Morgan fingerprint density at radius 1 is 1.19 bits per heavy atom. The molecule has 27 heavy (non-hydrogen) atoms. The van der Waals surface area contributed by atoms with Gasteiger partial charge in [0, 0.05) is 12.5 Å². The Balaban J connectivity index is 1.54. The number of aryl methyl sites for hydroxylation is 1. The van der Waals surface area contributed by atoms with Crippen LogP contribution in [0, 0.1) is 6.92 Å². The molecule has 1 aliphatic rings. The summed E-state index contributed by atoms with van der Waals surface area (Å²) < 4.78 is 6.90. The molecule has 3 aromatic rings. The molecule has 0 aliphatic heterocycles. The first kappa shape index (κ1) is 17.5. The fraction of sp³-hybridized carbons (Fsp3) is 0.400. The Hall–Kier alpha value is -2.96. The highest BCUT2D eigenvalue weighted by atomic mass is 16.5. The van der Waals surface area contributed by atoms with Crippen molar-refractivity contribution in [3.63, 3.8) is 0 Å². The normalized spacial score (nSPS) is 19.9. The monoisotopic (exact) mass is 365 g/mol. The Labute approximate surface area is 157 Å². The molecule has 0 bridgehead atoms. The highest BCUT2D eigenvalue weighted by Gasteiger charge is 2.24. The van der Waals surface area contributed by atoms with Crippen molar-refractivity contribution >= 4 is 17.6 Å². The van der Waals surface area contributed by atoms with Crippen LogP contribution in [0.1, 0.15) is 49.8 Å². The molecule has 0 unspecified atom stereocenters. The van der Waals surface area contributed by atoms with E-state index in [4.69, 9.17) is 10.5 Å². The van der Waals surface area contributed by atoms with Crippen molar-refractivity contribution in [3.8, 4) is 11.1 Å². The van der Waals surface area contributed by atoms with Gasteiger partial charge in [-0.3, -0.25) is 4.79 Å². The van der Waals surface area contributed by atoms with Crippen molar-refractivity contribution in [1.82, 2.24) is 19.6 Å². The Morgan fingerprint density at radius 2 is 1.89 bits per heavy atom. The van der Waals surface area contributed by atoms with Crippen LogP contribution in [-0.4, -0.2) is 31.7 Å². The number of hydrogen-bond acceptors (Lipinski definition) is 6. The van der Waals surface area contributed by atoms with Gasteiger partial charge in [0.1, 0.15) is 18.2 Å². The molecule has 7 nitrogen and oxygen atoms in total. The summed E-state index contributed by atoms with van der Waals surface area (Å²) in [5.41, 5.74) is 10.4. The number of ether oxygens (including phenoxy) is 1. The number of aromatic nitrogens is 4. The van der Waals surface area contributed by atoms with Gasteiger partial charge in [0.25, 0.3) is 5.78 Å². The topological polar surface area (TPSA) is 95.4 Å². The number of benzene rings is 1. The zero-order valence-electron chi connectivity index (χ0n) is 15.6. The maximum atomic E-state index is 11.1. The number of carbonyl (C=O) groups excluding carboxylic acids is 1. The van der Waals surface area contributed by atoms with Crippen molar-refractivity contribution in [2.75, 3.05) is 5.73 Å². The van der Waals surface area contributed by atoms with E-state index in [1.54, 1.807) is 4.52 Å². The molecule has 7 heteroatoms. The van der Waals surface area contributed by atoms with Gasteiger partial charge in [0.05, 0.1) is 5.69 Å². The number of fused-ring (bicyclic) bond motifs is 1. The predicted molar refractivity (Wildman–Crippen MR) is 102 cm³/mol. The van der Waals surface area contributed by atoms with E-state index in [1.165, 1.54) is 18.8 Å². The summed E-state index contributed by atoms with van der Waals surface area (Å²) in [5.74, 6) is 1.37. The highest BCUT2D eigenvalue weighted by molar-refractivity contribution is 5.77. The average Bonchev–Trinajstić information content (AvgIpc) is 3.11. The fourth-order valence-electron chi connectivity index (χ4n) is 4.01. The summed E-state index contributed by atoms with van der Waals surface area (Å²) in [4.78, 5) is 19.7. The third kappa shape index (κ3) is 3.37. The van der Waals surface area contributed by atoms with Crippen LogP contribution in [0.4, 0.5) is 5.82 Å². The van der Waals surface area contributed by atoms with Crippen molar-refractivity contribution < 1.29 is 9.53 Å². The van der Waals surface area contributed by atoms with Gasteiger partial charge in [-0.25, -0.2) is 4.98 Å². The molecule has 4 rings (SSSR count). The van der Waals surface area contributed by atoms with Gasteiger partial charge >= 0.3 is 5.97 Å². The Bertz CT molecular complexity index is 972. The molecule has 0 amide bonds. The SMILES string of the molecule is CC(=O)OC1CCC(c2ccc(-c3c(C)nc4ncnn4c3N)cc2)CC1. The molecular weight excluding hydrogens is 342 g/mol. The number of rotatable bonds is 3. The van der Waals surface area contributed by atoms with Gasteiger partial charge < -0.3 is 10.5 Å². The van der Waals surface area contributed by atoms with Crippen LogP contribution in [0.25, 0.3) is 16.9 Å². The van der Waals surface area contributed by atoms with Crippen molar-refractivity contribution in [1.29, 1.82) is 0 Å². The summed E-state index contributed by atoms with van der Waals surface area (Å²) in [6.07, 6.45) is 5.43. The molecule has 2 N–H and O–H groups in total. The Kier molecular flexibility index (Phi) is 4.51. The summed E-state index contributed by atoms with van der Waals surface area (Å²) >= 11 is 0. The van der Waals surface area contributed by atoms with E-state index < -0.39 is 0 Å². The van der Waals surface area contributed by atoms with E-state index in [2.05, 4.69) is 39.3 Å². The number of nitrogens with two attached hydrogens (primary N) is 1. The van der Waals surface area contributed by atoms with E-state index >= 15 is 0 Å². The van der Waals surface area contributed by atoms with Crippen molar-refractivity contribution in [2.45, 2.75) is 51.6 Å². The van der Waals surface area contributed by atoms with Crippen LogP contribution in [0.2, 0.25) is 0 Å². The minimum Gasteiger partial charge on any atom is -0.463 e. The molecule has 1 aliphatic carbocycles. The molecule has 1 fully saturated rings. The van der Waals surface area contributed by atoms with Crippen molar-refractivity contribution in [2.24, 2.45) is 0 Å². The van der Waals surface area contributed by atoms with E-state index in [1.807, 2.05) is 6.92 Å². The predicted octanol–water partition coefficient (Wildman–Crippen LogP) is 3.27. The first-order chi connectivity index (χ1) is 13.0. The second-order valence-corrected chi connectivity index (χ2v) is 7.13. The number of nitrogens with zero attached hydrogens (tertiary/aromatic N) is 4. The van der Waals surface area contributed by atoms with Crippen LogP contribution in [0.15, 0.2) is 30.6 Å². The van der Waals surface area contributed by atoms with Crippen LogP contribution < -0.4 is 5.73 Å². The van der Waals surface area contributed by atoms with Gasteiger partial charge in [0.2, 0.25) is 0 Å². The van der Waals surface area contributed by atoms with Crippen LogP contribution in [0.3, 0.4) is 0 Å². The number of esters is 1. The summed E-state index contributed by atoms with van der Waals surface area (Å²) in [7, 11) is 0. The van der Waals surface area contributed by atoms with E-state index in [0.29, 0.717) is 17.5 Å². The third-order valence-corrected chi connectivity index (χ3v) is 5.32. The van der Waals surface area contributed by atoms with Gasteiger partial charge in [-0.1, -0.05) is 24.3 Å². The molecule has 0 radical (unpaired) electrons. The highest BCUT2D eigenvalue weighted by Crippen LogP contribution is 2.36. The summed E-state index contributed by atoms with van der Waals surface area (Å²) in [5, 5.41) is 4.15. The Morgan fingerprint density at radius 3 is 2.56 bits per heavy atom. The van der Waals surface area contributed by atoms with Gasteiger partial charge in [-0.2, -0.15) is 14.6 Å². The lowest BCUT2D eigenvalue weighted by atomic mass is 9.82. The summed E-state index contributed by atoms with van der Waals surface area (Å²) in [6.45, 7) is 3.41. The molecule has 0 spiro atoms. The zero-order chi connectivity index (χ0) is 19.0.